The first kappa shape index (κ1) is 17.6. The molecule has 0 saturated heterocycles. The maximum absolute atomic E-state index is 11.6. The topological polar surface area (TPSA) is 32.3 Å². The van der Waals surface area contributed by atoms with Crippen LogP contribution in [0.3, 0.4) is 0 Å². The Morgan fingerprint density at radius 1 is 1.30 bits per heavy atom. The van der Waals surface area contributed by atoms with E-state index >= 15 is 0 Å². The van der Waals surface area contributed by atoms with Crippen LogP contribution in [0.15, 0.2) is 18.2 Å². The van der Waals surface area contributed by atoms with Gasteiger partial charge in [0.05, 0.1) is 15.8 Å². The average Bonchev–Trinajstić information content (AvgIpc) is 2.39. The lowest BCUT2D eigenvalue weighted by molar-refractivity contribution is -0.118. The Hall–Kier alpha value is -0.420. The van der Waals surface area contributed by atoms with Gasteiger partial charge in [-0.1, -0.05) is 29.3 Å². The van der Waals surface area contributed by atoms with E-state index < -0.39 is 0 Å². The fraction of sp³-hybridized carbons (Fsp3) is 0.500. The van der Waals surface area contributed by atoms with Crippen LogP contribution in [0.2, 0.25) is 10.0 Å². The minimum absolute atomic E-state index is 0.0776. The molecule has 0 aliphatic rings. The van der Waals surface area contributed by atoms with Gasteiger partial charge >= 0.3 is 0 Å². The van der Waals surface area contributed by atoms with E-state index in [1.54, 1.807) is 17.8 Å². The zero-order chi connectivity index (χ0) is 15.0. The number of nitrogens with zero attached hydrogens (tertiary/aromatic N) is 1. The lowest BCUT2D eigenvalue weighted by Gasteiger charge is -2.09. The number of rotatable bonds is 8. The molecule has 0 saturated carbocycles. The van der Waals surface area contributed by atoms with Crippen LogP contribution >= 0.6 is 35.0 Å². The molecule has 0 radical (unpaired) electrons. The molecule has 1 N–H and O–H groups in total. The summed E-state index contributed by atoms with van der Waals surface area (Å²) >= 11 is 13.4. The van der Waals surface area contributed by atoms with E-state index in [2.05, 4.69) is 10.2 Å². The second kappa shape index (κ2) is 9.50. The lowest BCUT2D eigenvalue weighted by Crippen LogP contribution is -2.28. The predicted octanol–water partition coefficient (Wildman–Crippen LogP) is 3.29. The first-order chi connectivity index (χ1) is 9.49. The number of amides is 1. The fourth-order valence-electron chi connectivity index (χ4n) is 1.57. The third-order valence-electron chi connectivity index (χ3n) is 2.59. The van der Waals surface area contributed by atoms with E-state index in [-0.39, 0.29) is 5.91 Å². The lowest BCUT2D eigenvalue weighted by atomic mass is 10.2. The number of hydrogen-bond donors (Lipinski definition) is 1. The molecule has 0 fully saturated rings. The first-order valence-corrected chi connectivity index (χ1v) is 8.33. The van der Waals surface area contributed by atoms with E-state index in [1.165, 1.54) is 0 Å². The van der Waals surface area contributed by atoms with Crippen LogP contribution in [0.5, 0.6) is 0 Å². The standard InChI is InChI=1S/C14H20Cl2N2OS/c1-18(2)7-3-6-17-14(19)10-20-9-11-4-5-12(15)13(16)8-11/h4-5,8H,3,6-7,9-10H2,1-2H3,(H,17,19). The fourth-order valence-corrected chi connectivity index (χ4v) is 2.69. The number of thioether (sulfide) groups is 1. The highest BCUT2D eigenvalue weighted by Crippen LogP contribution is 2.24. The summed E-state index contributed by atoms with van der Waals surface area (Å²) in [6.07, 6.45) is 0.968. The predicted molar refractivity (Wildman–Crippen MR) is 88.8 cm³/mol. The van der Waals surface area contributed by atoms with Crippen molar-refractivity contribution in [2.45, 2.75) is 12.2 Å². The number of benzene rings is 1. The minimum Gasteiger partial charge on any atom is -0.355 e. The van der Waals surface area contributed by atoms with Gasteiger partial charge in [0.15, 0.2) is 0 Å². The Balaban J connectivity index is 2.16. The molecule has 1 amide bonds. The van der Waals surface area contributed by atoms with Crippen molar-refractivity contribution in [1.82, 2.24) is 10.2 Å². The molecule has 0 bridgehead atoms. The number of carbonyl (C=O) groups is 1. The van der Waals surface area contributed by atoms with Gasteiger partial charge in [0, 0.05) is 12.3 Å². The van der Waals surface area contributed by atoms with Gasteiger partial charge in [-0.2, -0.15) is 0 Å². The van der Waals surface area contributed by atoms with E-state index in [1.807, 2.05) is 26.2 Å². The molecule has 0 spiro atoms. The Morgan fingerprint density at radius 3 is 2.70 bits per heavy atom. The van der Waals surface area contributed by atoms with Gasteiger partial charge < -0.3 is 10.2 Å². The summed E-state index contributed by atoms with van der Waals surface area (Å²) in [6.45, 7) is 1.71. The Morgan fingerprint density at radius 2 is 2.05 bits per heavy atom. The van der Waals surface area contributed by atoms with Crippen LogP contribution in [0, 0.1) is 0 Å². The number of hydrogen-bond acceptors (Lipinski definition) is 3. The molecule has 1 aromatic rings. The monoisotopic (exact) mass is 334 g/mol. The molecule has 3 nitrogen and oxygen atoms in total. The molecule has 0 aromatic heterocycles. The Labute approximate surface area is 135 Å². The maximum Gasteiger partial charge on any atom is 0.230 e. The molecule has 6 heteroatoms. The minimum atomic E-state index is 0.0776. The zero-order valence-corrected chi connectivity index (χ0v) is 14.1. The second-order valence-electron chi connectivity index (χ2n) is 4.75. The molecule has 20 heavy (non-hydrogen) atoms. The highest BCUT2D eigenvalue weighted by molar-refractivity contribution is 7.99. The second-order valence-corrected chi connectivity index (χ2v) is 6.55. The quantitative estimate of drug-likeness (QED) is 0.740. The van der Waals surface area contributed by atoms with Crippen LogP contribution < -0.4 is 5.32 Å². The maximum atomic E-state index is 11.6. The van der Waals surface area contributed by atoms with Gasteiger partial charge in [0.25, 0.3) is 0 Å². The smallest absolute Gasteiger partial charge is 0.230 e. The third kappa shape index (κ3) is 7.39. The van der Waals surface area contributed by atoms with Crippen LogP contribution in [-0.2, 0) is 10.5 Å². The van der Waals surface area contributed by atoms with Crippen LogP contribution in [-0.4, -0.2) is 43.7 Å². The third-order valence-corrected chi connectivity index (χ3v) is 4.33. The molecule has 0 heterocycles. The summed E-state index contributed by atoms with van der Waals surface area (Å²) in [5, 5.41) is 4.02. The van der Waals surface area contributed by atoms with Crippen molar-refractivity contribution in [1.29, 1.82) is 0 Å². The van der Waals surface area contributed by atoms with Gasteiger partial charge in [-0.25, -0.2) is 0 Å². The van der Waals surface area contributed by atoms with Gasteiger partial charge in [-0.15, -0.1) is 11.8 Å². The normalized spacial score (nSPS) is 10.8. The van der Waals surface area contributed by atoms with Crippen LogP contribution in [0.4, 0.5) is 0 Å². The van der Waals surface area contributed by atoms with Gasteiger partial charge in [-0.05, 0) is 44.8 Å². The van der Waals surface area contributed by atoms with Crippen molar-refractivity contribution in [3.8, 4) is 0 Å². The summed E-state index contributed by atoms with van der Waals surface area (Å²) < 4.78 is 0. The first-order valence-electron chi connectivity index (χ1n) is 6.42. The molecular weight excluding hydrogens is 315 g/mol. The molecule has 1 aromatic carbocycles. The number of nitrogens with one attached hydrogen (secondary N) is 1. The van der Waals surface area contributed by atoms with Crippen molar-refractivity contribution in [3.05, 3.63) is 33.8 Å². The van der Waals surface area contributed by atoms with Crippen molar-refractivity contribution >= 4 is 40.9 Å². The summed E-state index contributed by atoms with van der Waals surface area (Å²) in [4.78, 5) is 13.7. The number of carbonyl (C=O) groups excluding carboxylic acids is 1. The van der Waals surface area contributed by atoms with E-state index in [4.69, 9.17) is 23.2 Å². The molecule has 0 unspecified atom stereocenters. The zero-order valence-electron chi connectivity index (χ0n) is 11.8. The van der Waals surface area contributed by atoms with Crippen LogP contribution in [0.1, 0.15) is 12.0 Å². The average molecular weight is 335 g/mol. The van der Waals surface area contributed by atoms with Crippen molar-refractivity contribution in [2.75, 3.05) is 32.9 Å². The summed E-state index contributed by atoms with van der Waals surface area (Å²) in [5.41, 5.74) is 1.07. The van der Waals surface area contributed by atoms with Crippen molar-refractivity contribution in [3.63, 3.8) is 0 Å². The summed E-state index contributed by atoms with van der Waals surface area (Å²) in [5.74, 6) is 1.29. The molecule has 0 aliphatic heterocycles. The summed E-state index contributed by atoms with van der Waals surface area (Å²) in [6, 6.07) is 5.54. The molecular formula is C14H20Cl2N2OS. The SMILES string of the molecule is CN(C)CCCNC(=O)CSCc1ccc(Cl)c(Cl)c1. The molecule has 0 aliphatic carbocycles. The van der Waals surface area contributed by atoms with Crippen molar-refractivity contribution < 1.29 is 4.79 Å². The Kier molecular flexibility index (Phi) is 8.38. The van der Waals surface area contributed by atoms with E-state index in [0.29, 0.717) is 15.8 Å². The van der Waals surface area contributed by atoms with Crippen LogP contribution in [0.25, 0.3) is 0 Å². The molecule has 0 atom stereocenters. The number of halogens is 2. The van der Waals surface area contributed by atoms with Gasteiger partial charge in [-0.3, -0.25) is 4.79 Å². The van der Waals surface area contributed by atoms with Gasteiger partial charge in [0.1, 0.15) is 0 Å². The van der Waals surface area contributed by atoms with Crippen molar-refractivity contribution in [2.24, 2.45) is 0 Å². The van der Waals surface area contributed by atoms with E-state index in [0.717, 1.165) is 30.8 Å². The molecule has 112 valence electrons. The summed E-state index contributed by atoms with van der Waals surface area (Å²) in [7, 11) is 4.05. The van der Waals surface area contributed by atoms with Gasteiger partial charge in [0.2, 0.25) is 5.91 Å². The molecule has 1 rings (SSSR count). The highest BCUT2D eigenvalue weighted by Gasteiger charge is 2.03. The van der Waals surface area contributed by atoms with E-state index in [9.17, 15) is 4.79 Å². The largest absolute Gasteiger partial charge is 0.355 e. The highest BCUT2D eigenvalue weighted by atomic mass is 35.5. The Bertz CT molecular complexity index is 441.